The van der Waals surface area contributed by atoms with Crippen molar-refractivity contribution in [1.82, 2.24) is 9.62 Å². The third-order valence-electron chi connectivity index (χ3n) is 3.33. The van der Waals surface area contributed by atoms with Gasteiger partial charge in [0.05, 0.1) is 17.1 Å². The molecule has 1 aliphatic rings. The van der Waals surface area contributed by atoms with Crippen LogP contribution in [0.1, 0.15) is 19.4 Å². The third kappa shape index (κ3) is 3.38. The Balaban J connectivity index is 2.21. The van der Waals surface area contributed by atoms with Crippen LogP contribution in [0.4, 0.5) is 0 Å². The molecule has 0 aromatic heterocycles. The Labute approximate surface area is 121 Å². The van der Waals surface area contributed by atoms with Crippen LogP contribution in [-0.4, -0.2) is 45.1 Å². The molecule has 0 amide bonds. The molecule has 1 N–H and O–H groups in total. The second-order valence-corrected chi connectivity index (χ2v) is 7.19. The summed E-state index contributed by atoms with van der Waals surface area (Å²) in [4.78, 5) is 0.346. The number of ether oxygens (including phenoxy) is 1. The molecule has 1 aromatic rings. The molecule has 0 spiro atoms. The van der Waals surface area contributed by atoms with E-state index in [0.717, 1.165) is 12.1 Å². The first-order valence-electron chi connectivity index (χ1n) is 6.82. The van der Waals surface area contributed by atoms with E-state index in [-0.39, 0.29) is 12.2 Å². The molecular weight excluding hydrogens is 276 g/mol. The van der Waals surface area contributed by atoms with Gasteiger partial charge in [0.25, 0.3) is 0 Å². The third-order valence-corrected chi connectivity index (χ3v) is 5.17. The van der Waals surface area contributed by atoms with Gasteiger partial charge in [-0.1, -0.05) is 12.1 Å². The van der Waals surface area contributed by atoms with Crippen LogP contribution >= 0.6 is 0 Å². The molecular formula is C14H22N2O3S. The lowest BCUT2D eigenvalue weighted by Crippen LogP contribution is -2.48. The number of benzene rings is 1. The number of sulfonamides is 1. The van der Waals surface area contributed by atoms with Crippen molar-refractivity contribution in [1.29, 1.82) is 0 Å². The Morgan fingerprint density at radius 3 is 2.25 bits per heavy atom. The minimum absolute atomic E-state index is 0.0721. The maximum atomic E-state index is 12.6. The summed E-state index contributed by atoms with van der Waals surface area (Å²) in [5.74, 6) is 0. The van der Waals surface area contributed by atoms with Crippen molar-refractivity contribution >= 4 is 10.0 Å². The predicted molar refractivity (Wildman–Crippen MR) is 78.0 cm³/mol. The summed E-state index contributed by atoms with van der Waals surface area (Å²) >= 11 is 0. The number of nitrogens with zero attached hydrogens (tertiary/aromatic N) is 1. The zero-order valence-corrected chi connectivity index (χ0v) is 13.0. The molecule has 1 aromatic carbocycles. The second-order valence-electron chi connectivity index (χ2n) is 5.25. The molecule has 2 rings (SSSR count). The molecule has 112 valence electrons. The van der Waals surface area contributed by atoms with Gasteiger partial charge in [-0.05, 0) is 38.6 Å². The van der Waals surface area contributed by atoms with Crippen LogP contribution in [0.2, 0.25) is 0 Å². The highest BCUT2D eigenvalue weighted by atomic mass is 32.2. The summed E-state index contributed by atoms with van der Waals surface area (Å²) in [6, 6.07) is 7.03. The van der Waals surface area contributed by atoms with Crippen molar-refractivity contribution in [2.75, 3.05) is 20.1 Å². The van der Waals surface area contributed by atoms with Crippen molar-refractivity contribution in [2.45, 2.75) is 37.5 Å². The molecule has 1 heterocycles. The van der Waals surface area contributed by atoms with E-state index < -0.39 is 10.0 Å². The number of nitrogens with one attached hydrogen (secondary N) is 1. The fourth-order valence-electron chi connectivity index (χ4n) is 2.46. The minimum atomic E-state index is -3.43. The van der Waals surface area contributed by atoms with E-state index >= 15 is 0 Å². The van der Waals surface area contributed by atoms with Gasteiger partial charge in [0.1, 0.15) is 0 Å². The largest absolute Gasteiger partial charge is 0.373 e. The molecule has 0 unspecified atom stereocenters. The van der Waals surface area contributed by atoms with E-state index in [1.807, 2.05) is 33.0 Å². The van der Waals surface area contributed by atoms with Gasteiger partial charge in [0, 0.05) is 19.6 Å². The number of rotatable bonds is 4. The minimum Gasteiger partial charge on any atom is -0.373 e. The average molecular weight is 298 g/mol. The van der Waals surface area contributed by atoms with Gasteiger partial charge in [-0.25, -0.2) is 8.42 Å². The summed E-state index contributed by atoms with van der Waals surface area (Å²) < 4.78 is 32.3. The van der Waals surface area contributed by atoms with Gasteiger partial charge in [0.15, 0.2) is 0 Å². The molecule has 5 nitrogen and oxygen atoms in total. The lowest BCUT2D eigenvalue weighted by atomic mass is 10.2. The van der Waals surface area contributed by atoms with Crippen LogP contribution in [-0.2, 0) is 21.3 Å². The van der Waals surface area contributed by atoms with Gasteiger partial charge in [-0.2, -0.15) is 4.31 Å². The molecule has 1 saturated heterocycles. The summed E-state index contributed by atoms with van der Waals surface area (Å²) in [5, 5.41) is 3.04. The van der Waals surface area contributed by atoms with E-state index in [1.165, 1.54) is 4.31 Å². The van der Waals surface area contributed by atoms with Crippen molar-refractivity contribution in [3.63, 3.8) is 0 Å². The quantitative estimate of drug-likeness (QED) is 0.907. The van der Waals surface area contributed by atoms with Gasteiger partial charge in [0.2, 0.25) is 10.0 Å². The first-order valence-corrected chi connectivity index (χ1v) is 8.26. The fraction of sp³-hybridized carbons (Fsp3) is 0.571. The van der Waals surface area contributed by atoms with Crippen LogP contribution in [0.3, 0.4) is 0 Å². The highest BCUT2D eigenvalue weighted by Gasteiger charge is 2.31. The highest BCUT2D eigenvalue weighted by Crippen LogP contribution is 2.21. The number of morpholine rings is 1. The zero-order chi connectivity index (χ0) is 14.8. The van der Waals surface area contributed by atoms with Crippen molar-refractivity contribution < 1.29 is 13.2 Å². The Bertz CT molecular complexity index is 532. The molecule has 1 fully saturated rings. The van der Waals surface area contributed by atoms with Crippen LogP contribution in [0.25, 0.3) is 0 Å². The normalized spacial score (nSPS) is 24.8. The number of hydrogen-bond donors (Lipinski definition) is 1. The SMILES string of the molecule is CNCc1ccc(S(=O)(=O)N2C[C@@H](C)O[C@@H](C)C2)cc1. The van der Waals surface area contributed by atoms with Crippen LogP contribution in [0, 0.1) is 0 Å². The lowest BCUT2D eigenvalue weighted by molar-refractivity contribution is -0.0440. The molecule has 2 atom stereocenters. The molecule has 6 heteroatoms. The topological polar surface area (TPSA) is 58.6 Å². The first-order chi connectivity index (χ1) is 9.43. The summed E-state index contributed by atoms with van der Waals surface area (Å²) in [6.07, 6.45) is -0.144. The van der Waals surface area contributed by atoms with Gasteiger partial charge in [-0.15, -0.1) is 0 Å². The average Bonchev–Trinajstić information content (AvgIpc) is 2.38. The standard InChI is InChI=1S/C14H22N2O3S/c1-11-9-16(10-12(2)19-11)20(17,18)14-6-4-13(5-7-14)8-15-3/h4-7,11-12,15H,8-10H2,1-3H3/t11-,12+. The van der Waals surface area contributed by atoms with E-state index in [1.54, 1.807) is 12.1 Å². The maximum absolute atomic E-state index is 12.6. The number of hydrogen-bond acceptors (Lipinski definition) is 4. The smallest absolute Gasteiger partial charge is 0.243 e. The second kappa shape index (κ2) is 6.22. The van der Waals surface area contributed by atoms with Gasteiger partial charge in [-0.3, -0.25) is 0 Å². The van der Waals surface area contributed by atoms with Crippen LogP contribution < -0.4 is 5.32 Å². The molecule has 0 bridgehead atoms. The van der Waals surface area contributed by atoms with Gasteiger partial charge < -0.3 is 10.1 Å². The van der Waals surface area contributed by atoms with Crippen LogP contribution in [0.15, 0.2) is 29.2 Å². The van der Waals surface area contributed by atoms with Gasteiger partial charge >= 0.3 is 0 Å². The van der Waals surface area contributed by atoms with E-state index in [2.05, 4.69) is 5.32 Å². The Morgan fingerprint density at radius 1 is 1.20 bits per heavy atom. The Morgan fingerprint density at radius 2 is 1.75 bits per heavy atom. The molecule has 1 aliphatic heterocycles. The molecule has 0 radical (unpaired) electrons. The fourth-order valence-corrected chi connectivity index (χ4v) is 4.05. The predicted octanol–water partition coefficient (Wildman–Crippen LogP) is 1.20. The summed E-state index contributed by atoms with van der Waals surface area (Å²) in [7, 11) is -1.56. The summed E-state index contributed by atoms with van der Waals surface area (Å²) in [6.45, 7) is 5.34. The zero-order valence-electron chi connectivity index (χ0n) is 12.2. The molecule has 0 saturated carbocycles. The Kier molecular flexibility index (Phi) is 4.80. The maximum Gasteiger partial charge on any atom is 0.243 e. The van der Waals surface area contributed by atoms with Crippen molar-refractivity contribution in [3.8, 4) is 0 Å². The van der Waals surface area contributed by atoms with Crippen molar-refractivity contribution in [2.24, 2.45) is 0 Å². The van der Waals surface area contributed by atoms with E-state index in [9.17, 15) is 8.42 Å². The lowest BCUT2D eigenvalue weighted by Gasteiger charge is -2.34. The highest BCUT2D eigenvalue weighted by molar-refractivity contribution is 7.89. The first kappa shape index (κ1) is 15.4. The molecule has 0 aliphatic carbocycles. The molecule has 20 heavy (non-hydrogen) atoms. The van der Waals surface area contributed by atoms with Crippen molar-refractivity contribution in [3.05, 3.63) is 29.8 Å². The summed E-state index contributed by atoms with van der Waals surface area (Å²) in [5.41, 5.74) is 1.06. The van der Waals surface area contributed by atoms with Crippen LogP contribution in [0.5, 0.6) is 0 Å². The monoisotopic (exact) mass is 298 g/mol. The van der Waals surface area contributed by atoms with E-state index in [4.69, 9.17) is 4.74 Å². The van der Waals surface area contributed by atoms with E-state index in [0.29, 0.717) is 18.0 Å². The Hall–Kier alpha value is -0.950.